The maximum atomic E-state index is 10.8. The third-order valence-corrected chi connectivity index (χ3v) is 1.97. The first-order valence-corrected chi connectivity index (χ1v) is 4.34. The Bertz CT molecular complexity index is 273. The molecule has 0 bridgehead atoms. The van der Waals surface area contributed by atoms with E-state index in [-0.39, 0.29) is 18.9 Å². The van der Waals surface area contributed by atoms with Crippen molar-refractivity contribution in [3.63, 3.8) is 0 Å². The fourth-order valence-corrected chi connectivity index (χ4v) is 1.12. The lowest BCUT2D eigenvalue weighted by molar-refractivity contribution is -0.144. The van der Waals surface area contributed by atoms with Crippen LogP contribution in [0.4, 0.5) is 0 Å². The Hall–Kier alpha value is -1.79. The summed E-state index contributed by atoms with van der Waals surface area (Å²) < 4.78 is 0. The second-order valence-corrected chi connectivity index (χ2v) is 3.29. The lowest BCUT2D eigenvalue weighted by Crippen LogP contribution is -2.29. The highest BCUT2D eigenvalue weighted by Crippen LogP contribution is 2.16. The normalized spacial score (nSPS) is 13.9. The van der Waals surface area contributed by atoms with Gasteiger partial charge in [0.05, 0.1) is 12.5 Å². The predicted molar refractivity (Wildman–Crippen MR) is 53.2 cm³/mol. The summed E-state index contributed by atoms with van der Waals surface area (Å²) in [5.41, 5.74) is 10.1. The summed E-state index contributed by atoms with van der Waals surface area (Å²) in [6.45, 7) is 1.43. The topological polar surface area (TPSA) is 139 Å². The van der Waals surface area contributed by atoms with Gasteiger partial charge in [0.15, 0.2) is 5.96 Å². The molecule has 0 saturated carbocycles. The number of carbonyl (C=O) groups is 2. The first-order valence-electron chi connectivity index (χ1n) is 4.34. The number of hydrogen-bond donors (Lipinski definition) is 4. The number of guanidine groups is 1. The van der Waals surface area contributed by atoms with E-state index in [2.05, 4.69) is 4.99 Å². The van der Waals surface area contributed by atoms with E-state index in [0.29, 0.717) is 0 Å². The molecule has 0 aromatic heterocycles. The highest BCUT2D eigenvalue weighted by atomic mass is 16.4. The molecule has 0 aromatic rings. The van der Waals surface area contributed by atoms with Crippen LogP contribution in [0.25, 0.3) is 0 Å². The van der Waals surface area contributed by atoms with Gasteiger partial charge in [0.2, 0.25) is 0 Å². The van der Waals surface area contributed by atoms with E-state index in [1.54, 1.807) is 0 Å². The van der Waals surface area contributed by atoms with Crippen molar-refractivity contribution < 1.29 is 19.8 Å². The Balaban J connectivity index is 4.45. The number of hydrogen-bond acceptors (Lipinski definition) is 3. The molecule has 0 rings (SSSR count). The number of carboxylic acid groups (broad SMARTS) is 2. The largest absolute Gasteiger partial charge is 0.481 e. The van der Waals surface area contributed by atoms with Gasteiger partial charge in [-0.15, -0.1) is 0 Å². The minimum atomic E-state index is -1.10. The maximum Gasteiger partial charge on any atom is 0.308 e. The monoisotopic (exact) mass is 217 g/mol. The second kappa shape index (κ2) is 5.84. The lowest BCUT2D eigenvalue weighted by Gasteiger charge is -2.16. The standard InChI is InChI=1S/C8H15N3O4/c1-4(2-6(12)13)5(7(14)15)3-11-8(9)10/h4-5H,2-3H2,1H3,(H,12,13)(H,14,15)(H4,9,10,11). The molecular weight excluding hydrogens is 202 g/mol. The summed E-state index contributed by atoms with van der Waals surface area (Å²) in [5.74, 6) is -3.76. The van der Waals surface area contributed by atoms with Gasteiger partial charge in [-0.1, -0.05) is 6.92 Å². The Morgan fingerprint density at radius 3 is 2.20 bits per heavy atom. The number of rotatable bonds is 6. The molecule has 15 heavy (non-hydrogen) atoms. The minimum absolute atomic E-state index is 0.105. The highest BCUT2D eigenvalue weighted by molar-refractivity contribution is 5.77. The molecule has 7 nitrogen and oxygen atoms in total. The van der Waals surface area contributed by atoms with Gasteiger partial charge in [-0.25, -0.2) is 0 Å². The summed E-state index contributed by atoms with van der Waals surface area (Å²) in [6.07, 6.45) is -0.225. The molecule has 0 spiro atoms. The number of aliphatic carboxylic acids is 2. The zero-order chi connectivity index (χ0) is 12.0. The van der Waals surface area contributed by atoms with Crippen LogP contribution >= 0.6 is 0 Å². The Kier molecular flexibility index (Phi) is 5.14. The molecule has 0 aliphatic carbocycles. The fourth-order valence-electron chi connectivity index (χ4n) is 1.12. The summed E-state index contributed by atoms with van der Waals surface area (Å²) >= 11 is 0. The van der Waals surface area contributed by atoms with Crippen LogP contribution in [-0.2, 0) is 9.59 Å². The van der Waals surface area contributed by atoms with Crippen molar-refractivity contribution in [1.82, 2.24) is 0 Å². The van der Waals surface area contributed by atoms with E-state index < -0.39 is 23.8 Å². The number of nitrogens with two attached hydrogens (primary N) is 2. The zero-order valence-electron chi connectivity index (χ0n) is 8.38. The van der Waals surface area contributed by atoms with Gasteiger partial charge in [-0.3, -0.25) is 14.6 Å². The fraction of sp³-hybridized carbons (Fsp3) is 0.625. The first-order chi connectivity index (χ1) is 6.84. The molecule has 0 radical (unpaired) electrons. The third kappa shape index (κ3) is 5.50. The van der Waals surface area contributed by atoms with Crippen molar-refractivity contribution in [1.29, 1.82) is 0 Å². The molecule has 0 heterocycles. The smallest absolute Gasteiger partial charge is 0.308 e. The highest BCUT2D eigenvalue weighted by Gasteiger charge is 2.26. The van der Waals surface area contributed by atoms with Gasteiger partial charge in [0, 0.05) is 6.42 Å². The van der Waals surface area contributed by atoms with Gasteiger partial charge >= 0.3 is 11.9 Å². The van der Waals surface area contributed by atoms with Crippen LogP contribution in [0.2, 0.25) is 0 Å². The first kappa shape index (κ1) is 13.2. The van der Waals surface area contributed by atoms with Crippen LogP contribution in [-0.4, -0.2) is 34.7 Å². The van der Waals surface area contributed by atoms with Gasteiger partial charge in [-0.2, -0.15) is 0 Å². The maximum absolute atomic E-state index is 10.8. The molecule has 0 fully saturated rings. The van der Waals surface area contributed by atoms with Gasteiger partial charge in [0.1, 0.15) is 0 Å². The van der Waals surface area contributed by atoms with Gasteiger partial charge in [-0.05, 0) is 5.92 Å². The summed E-state index contributed by atoms with van der Waals surface area (Å²) in [6, 6.07) is 0. The number of carboxylic acids is 2. The second-order valence-electron chi connectivity index (χ2n) is 3.29. The predicted octanol–water partition coefficient (Wildman–Crippen LogP) is -0.929. The van der Waals surface area contributed by atoms with Crippen molar-refractivity contribution in [2.45, 2.75) is 13.3 Å². The van der Waals surface area contributed by atoms with Crippen molar-refractivity contribution in [2.75, 3.05) is 6.54 Å². The Morgan fingerprint density at radius 2 is 1.87 bits per heavy atom. The minimum Gasteiger partial charge on any atom is -0.481 e. The van der Waals surface area contributed by atoms with E-state index in [9.17, 15) is 9.59 Å². The van der Waals surface area contributed by atoms with E-state index in [1.807, 2.05) is 0 Å². The molecule has 2 unspecified atom stereocenters. The zero-order valence-corrected chi connectivity index (χ0v) is 8.38. The van der Waals surface area contributed by atoms with Gasteiger partial charge in [0.25, 0.3) is 0 Å². The van der Waals surface area contributed by atoms with E-state index in [4.69, 9.17) is 21.7 Å². The molecule has 6 N–H and O–H groups in total. The SMILES string of the molecule is CC(CC(=O)O)C(CN=C(N)N)C(=O)O. The van der Waals surface area contributed by atoms with Crippen LogP contribution in [0.3, 0.4) is 0 Å². The third-order valence-electron chi connectivity index (χ3n) is 1.97. The average Bonchev–Trinajstić information content (AvgIpc) is 2.01. The Labute approximate surface area is 86.8 Å². The molecule has 2 atom stereocenters. The number of aliphatic imine (C=N–C) groups is 1. The molecule has 0 amide bonds. The van der Waals surface area contributed by atoms with Crippen LogP contribution in [0.1, 0.15) is 13.3 Å². The summed E-state index contributed by atoms with van der Waals surface area (Å²) in [5, 5.41) is 17.3. The number of nitrogens with zero attached hydrogens (tertiary/aromatic N) is 1. The quantitative estimate of drug-likeness (QED) is 0.335. The lowest BCUT2D eigenvalue weighted by atomic mass is 9.91. The Morgan fingerprint density at radius 1 is 1.33 bits per heavy atom. The van der Waals surface area contributed by atoms with Crippen molar-refractivity contribution in [3.8, 4) is 0 Å². The summed E-state index contributed by atoms with van der Waals surface area (Å²) in [4.78, 5) is 24.8. The van der Waals surface area contributed by atoms with E-state index >= 15 is 0 Å². The van der Waals surface area contributed by atoms with E-state index in [1.165, 1.54) is 6.92 Å². The molecule has 0 aromatic carbocycles. The molecule has 7 heteroatoms. The average molecular weight is 217 g/mol. The van der Waals surface area contributed by atoms with Crippen molar-refractivity contribution in [3.05, 3.63) is 0 Å². The van der Waals surface area contributed by atoms with Gasteiger partial charge < -0.3 is 21.7 Å². The van der Waals surface area contributed by atoms with Crippen molar-refractivity contribution in [2.24, 2.45) is 28.3 Å². The van der Waals surface area contributed by atoms with Crippen LogP contribution < -0.4 is 11.5 Å². The molecule has 0 aliphatic heterocycles. The summed E-state index contributed by atoms with van der Waals surface area (Å²) in [7, 11) is 0. The molecular formula is C8H15N3O4. The van der Waals surface area contributed by atoms with Crippen LogP contribution in [0, 0.1) is 11.8 Å². The molecule has 0 saturated heterocycles. The molecule has 86 valence electrons. The van der Waals surface area contributed by atoms with Crippen LogP contribution in [0.5, 0.6) is 0 Å². The van der Waals surface area contributed by atoms with Crippen LogP contribution in [0.15, 0.2) is 4.99 Å². The van der Waals surface area contributed by atoms with E-state index in [0.717, 1.165) is 0 Å². The van der Waals surface area contributed by atoms with Crippen molar-refractivity contribution >= 4 is 17.9 Å². The molecule has 0 aliphatic rings.